The molecule has 0 unspecified atom stereocenters. The minimum absolute atomic E-state index is 0.321. The molecule has 0 spiro atoms. The molecule has 7 heteroatoms. The average molecular weight is 312 g/mol. The fraction of sp³-hybridized carbons (Fsp3) is 0.429. The van der Waals surface area contributed by atoms with Gasteiger partial charge in [0.05, 0.1) is 12.1 Å². The van der Waals surface area contributed by atoms with E-state index in [4.69, 9.17) is 16.3 Å². The molecule has 1 aromatic carbocycles. The highest BCUT2D eigenvalue weighted by Crippen LogP contribution is 2.18. The molecule has 1 aliphatic rings. The minimum atomic E-state index is -0.509. The second-order valence-corrected chi connectivity index (χ2v) is 5.83. The van der Waals surface area contributed by atoms with Gasteiger partial charge in [0.1, 0.15) is 6.61 Å². The third kappa shape index (κ3) is 4.01. The number of rotatable bonds is 4. The predicted molar refractivity (Wildman–Crippen MR) is 80.6 cm³/mol. The molecule has 0 radical (unpaired) electrons. The lowest BCUT2D eigenvalue weighted by Gasteiger charge is -2.33. The van der Waals surface area contributed by atoms with Crippen LogP contribution in [0.4, 0.5) is 15.3 Å². The van der Waals surface area contributed by atoms with Crippen LogP contribution in [0.2, 0.25) is 5.02 Å². The number of urea groups is 1. The molecule has 2 rings (SSSR count). The van der Waals surface area contributed by atoms with E-state index in [9.17, 15) is 9.59 Å². The van der Waals surface area contributed by atoms with Crippen LogP contribution < -0.4 is 10.6 Å². The van der Waals surface area contributed by atoms with E-state index in [-0.39, 0.29) is 12.1 Å². The van der Waals surface area contributed by atoms with Gasteiger partial charge in [-0.15, -0.1) is 0 Å². The zero-order valence-corrected chi connectivity index (χ0v) is 12.7. The fourth-order valence-electron chi connectivity index (χ4n) is 2.04. The Labute approximate surface area is 128 Å². The monoisotopic (exact) mass is 311 g/mol. The molecule has 1 aliphatic heterocycles. The van der Waals surface area contributed by atoms with Gasteiger partial charge in [0, 0.05) is 17.3 Å². The highest BCUT2D eigenvalue weighted by atomic mass is 35.5. The number of carbonyl (C=O) groups excluding carboxylic acids is 2. The number of hydrogen-bond acceptors (Lipinski definition) is 3. The van der Waals surface area contributed by atoms with Gasteiger partial charge in [-0.1, -0.05) is 11.6 Å². The van der Waals surface area contributed by atoms with Crippen molar-refractivity contribution in [3.8, 4) is 0 Å². The fourth-order valence-corrected chi connectivity index (χ4v) is 2.17. The topological polar surface area (TPSA) is 70.7 Å². The smallest absolute Gasteiger partial charge is 0.410 e. The standard InChI is InChI=1S/C14H18ClN3O3/c1-14(2,18-7-8-21-13(18)20)9-16-12(19)17-11-5-3-10(15)4-6-11/h3-6H,7-9H2,1-2H3,(H2,16,17,19). The van der Waals surface area contributed by atoms with E-state index in [0.29, 0.717) is 30.4 Å². The SMILES string of the molecule is CC(C)(CNC(=O)Nc1ccc(Cl)cc1)N1CCOC1=O. The summed E-state index contributed by atoms with van der Waals surface area (Å²) in [4.78, 5) is 25.0. The van der Waals surface area contributed by atoms with Crippen molar-refractivity contribution in [3.05, 3.63) is 29.3 Å². The third-order valence-electron chi connectivity index (χ3n) is 3.28. The summed E-state index contributed by atoms with van der Waals surface area (Å²) in [5.74, 6) is 0. The maximum Gasteiger partial charge on any atom is 0.410 e. The first-order valence-electron chi connectivity index (χ1n) is 6.63. The van der Waals surface area contributed by atoms with E-state index in [2.05, 4.69) is 10.6 Å². The molecule has 6 nitrogen and oxygen atoms in total. The Bertz CT molecular complexity index is 531. The van der Waals surface area contributed by atoms with Crippen LogP contribution in [0.25, 0.3) is 0 Å². The van der Waals surface area contributed by atoms with E-state index in [1.807, 2.05) is 13.8 Å². The molecule has 0 atom stereocenters. The molecule has 2 N–H and O–H groups in total. The highest BCUT2D eigenvalue weighted by molar-refractivity contribution is 6.30. The first-order chi connectivity index (χ1) is 9.88. The number of nitrogens with one attached hydrogen (secondary N) is 2. The molecule has 1 aromatic rings. The van der Waals surface area contributed by atoms with E-state index >= 15 is 0 Å². The minimum Gasteiger partial charge on any atom is -0.448 e. The van der Waals surface area contributed by atoms with Gasteiger partial charge < -0.3 is 15.4 Å². The Hall–Kier alpha value is -1.95. The summed E-state index contributed by atoms with van der Waals surface area (Å²) in [6.07, 6.45) is -0.347. The van der Waals surface area contributed by atoms with Crippen molar-refractivity contribution in [2.24, 2.45) is 0 Å². The quantitative estimate of drug-likeness (QED) is 0.898. The first kappa shape index (κ1) is 15.4. The second-order valence-electron chi connectivity index (χ2n) is 5.39. The van der Waals surface area contributed by atoms with Gasteiger partial charge in [0.2, 0.25) is 0 Å². The number of anilines is 1. The molecular formula is C14H18ClN3O3. The van der Waals surface area contributed by atoms with Crippen molar-refractivity contribution in [1.82, 2.24) is 10.2 Å². The van der Waals surface area contributed by atoms with Crippen LogP contribution in [0.15, 0.2) is 24.3 Å². The Kier molecular flexibility index (Phi) is 4.57. The van der Waals surface area contributed by atoms with E-state index in [1.54, 1.807) is 29.2 Å². The number of cyclic esters (lactones) is 1. The Morgan fingerprint density at radius 3 is 2.62 bits per heavy atom. The van der Waals surface area contributed by atoms with E-state index < -0.39 is 5.54 Å². The second kappa shape index (κ2) is 6.22. The lowest BCUT2D eigenvalue weighted by molar-refractivity contribution is 0.126. The maximum absolute atomic E-state index is 11.9. The summed E-state index contributed by atoms with van der Waals surface area (Å²) in [5.41, 5.74) is 0.139. The molecule has 21 heavy (non-hydrogen) atoms. The molecule has 0 bridgehead atoms. The van der Waals surface area contributed by atoms with Crippen molar-refractivity contribution in [1.29, 1.82) is 0 Å². The number of ether oxygens (including phenoxy) is 1. The Morgan fingerprint density at radius 1 is 1.38 bits per heavy atom. The number of nitrogens with zero attached hydrogens (tertiary/aromatic N) is 1. The van der Waals surface area contributed by atoms with Gasteiger partial charge in [-0.05, 0) is 38.1 Å². The summed E-state index contributed by atoms with van der Waals surface area (Å²) in [5, 5.41) is 6.06. The van der Waals surface area contributed by atoms with Crippen LogP contribution >= 0.6 is 11.6 Å². The van der Waals surface area contributed by atoms with Crippen molar-refractivity contribution < 1.29 is 14.3 Å². The van der Waals surface area contributed by atoms with Crippen LogP contribution in [0.5, 0.6) is 0 Å². The summed E-state index contributed by atoms with van der Waals surface area (Å²) in [6, 6.07) is 6.48. The summed E-state index contributed by atoms with van der Waals surface area (Å²) in [6.45, 7) is 5.00. The Balaban J connectivity index is 1.85. The van der Waals surface area contributed by atoms with Crippen LogP contribution in [-0.2, 0) is 4.74 Å². The summed E-state index contributed by atoms with van der Waals surface area (Å²) < 4.78 is 4.91. The molecule has 1 heterocycles. The van der Waals surface area contributed by atoms with E-state index in [0.717, 1.165) is 0 Å². The number of amides is 3. The zero-order chi connectivity index (χ0) is 15.5. The number of benzene rings is 1. The normalized spacial score (nSPS) is 14.8. The molecule has 0 aromatic heterocycles. The van der Waals surface area contributed by atoms with Crippen molar-refractivity contribution in [3.63, 3.8) is 0 Å². The number of hydrogen-bond donors (Lipinski definition) is 2. The maximum atomic E-state index is 11.9. The van der Waals surface area contributed by atoms with E-state index in [1.165, 1.54) is 0 Å². The average Bonchev–Trinajstić information content (AvgIpc) is 2.86. The molecule has 114 valence electrons. The lowest BCUT2D eigenvalue weighted by Crippen LogP contribution is -2.52. The molecule has 0 saturated carbocycles. The van der Waals surface area contributed by atoms with Crippen LogP contribution in [0.3, 0.4) is 0 Å². The molecule has 1 fully saturated rings. The highest BCUT2D eigenvalue weighted by Gasteiger charge is 2.35. The number of carbonyl (C=O) groups is 2. The van der Waals surface area contributed by atoms with Gasteiger partial charge in [-0.25, -0.2) is 9.59 Å². The molecule has 3 amide bonds. The van der Waals surface area contributed by atoms with Gasteiger partial charge >= 0.3 is 12.1 Å². The zero-order valence-electron chi connectivity index (χ0n) is 12.0. The van der Waals surface area contributed by atoms with Gasteiger partial charge in [0.25, 0.3) is 0 Å². The lowest BCUT2D eigenvalue weighted by atomic mass is 10.0. The van der Waals surface area contributed by atoms with Crippen LogP contribution in [0.1, 0.15) is 13.8 Å². The van der Waals surface area contributed by atoms with Gasteiger partial charge in [0.15, 0.2) is 0 Å². The Morgan fingerprint density at radius 2 is 2.05 bits per heavy atom. The summed E-state index contributed by atoms with van der Waals surface area (Å²) in [7, 11) is 0. The van der Waals surface area contributed by atoms with Crippen molar-refractivity contribution in [2.45, 2.75) is 19.4 Å². The number of halogens is 1. The third-order valence-corrected chi connectivity index (χ3v) is 3.53. The molecule has 1 saturated heterocycles. The molecule has 0 aliphatic carbocycles. The first-order valence-corrected chi connectivity index (χ1v) is 7.01. The van der Waals surface area contributed by atoms with Gasteiger partial charge in [-0.3, -0.25) is 4.90 Å². The molecular weight excluding hydrogens is 294 g/mol. The van der Waals surface area contributed by atoms with Crippen molar-refractivity contribution in [2.75, 3.05) is 25.0 Å². The summed E-state index contributed by atoms with van der Waals surface area (Å²) >= 11 is 5.78. The van der Waals surface area contributed by atoms with Crippen molar-refractivity contribution >= 4 is 29.4 Å². The van der Waals surface area contributed by atoms with Crippen LogP contribution in [0, 0.1) is 0 Å². The largest absolute Gasteiger partial charge is 0.448 e. The van der Waals surface area contributed by atoms with Gasteiger partial charge in [-0.2, -0.15) is 0 Å². The predicted octanol–water partition coefficient (Wildman–Crippen LogP) is 2.69. The van der Waals surface area contributed by atoms with Crippen LogP contribution in [-0.4, -0.2) is 42.3 Å².